The van der Waals surface area contributed by atoms with Crippen LogP contribution in [0.3, 0.4) is 0 Å². The second-order valence-corrected chi connectivity index (χ2v) is 4.93. The van der Waals surface area contributed by atoms with E-state index in [9.17, 15) is 13.2 Å². The van der Waals surface area contributed by atoms with Gasteiger partial charge in [0.15, 0.2) is 0 Å². The molecule has 1 aromatic carbocycles. The van der Waals surface area contributed by atoms with Crippen molar-refractivity contribution in [2.24, 2.45) is 5.73 Å². The molecule has 0 spiro atoms. The van der Waals surface area contributed by atoms with Gasteiger partial charge in [-0.2, -0.15) is 0 Å². The SMILES string of the molecule is CC(N)=O.O=S(=O)(Cl)c1ccccc1. The van der Waals surface area contributed by atoms with Crippen molar-refractivity contribution in [2.45, 2.75) is 11.8 Å². The Labute approximate surface area is 87.1 Å². The quantitative estimate of drug-likeness (QED) is 0.741. The largest absolute Gasteiger partial charge is 0.370 e. The third-order valence-corrected chi connectivity index (χ3v) is 2.39. The molecule has 1 aromatic rings. The van der Waals surface area contributed by atoms with Crippen molar-refractivity contribution in [3.05, 3.63) is 30.3 Å². The van der Waals surface area contributed by atoms with Gasteiger partial charge in [-0.25, -0.2) is 8.42 Å². The van der Waals surface area contributed by atoms with Crippen LogP contribution in [-0.2, 0) is 13.8 Å². The van der Waals surface area contributed by atoms with Crippen LogP contribution in [-0.4, -0.2) is 14.3 Å². The highest BCUT2D eigenvalue weighted by Gasteiger charge is 2.06. The molecule has 0 radical (unpaired) electrons. The summed E-state index contributed by atoms with van der Waals surface area (Å²) >= 11 is 0. The maximum absolute atomic E-state index is 10.6. The molecule has 0 atom stereocenters. The highest BCUT2D eigenvalue weighted by atomic mass is 35.7. The van der Waals surface area contributed by atoms with Crippen molar-refractivity contribution in [2.75, 3.05) is 0 Å². The van der Waals surface area contributed by atoms with Gasteiger partial charge in [-0.15, -0.1) is 0 Å². The van der Waals surface area contributed by atoms with Gasteiger partial charge in [-0.05, 0) is 12.1 Å². The minimum Gasteiger partial charge on any atom is -0.370 e. The highest BCUT2D eigenvalue weighted by molar-refractivity contribution is 8.13. The van der Waals surface area contributed by atoms with Gasteiger partial charge in [0.2, 0.25) is 5.91 Å². The number of primary amides is 1. The molecular weight excluding hydrogens is 226 g/mol. The van der Waals surface area contributed by atoms with E-state index >= 15 is 0 Å². The standard InChI is InChI=1S/C6H5ClO2S.C2H5NO/c7-10(8,9)6-4-2-1-3-5-6;1-2(3)4/h1-5H;1H3,(H2,3,4). The first-order valence-corrected chi connectivity index (χ1v) is 5.90. The van der Waals surface area contributed by atoms with Gasteiger partial charge in [-0.3, -0.25) is 4.79 Å². The molecule has 0 heterocycles. The Morgan fingerprint density at radius 2 is 1.64 bits per heavy atom. The van der Waals surface area contributed by atoms with Crippen LogP contribution in [0, 0.1) is 0 Å². The van der Waals surface area contributed by atoms with E-state index in [2.05, 4.69) is 5.73 Å². The third-order valence-electron chi connectivity index (χ3n) is 1.02. The Kier molecular flexibility index (Phi) is 5.19. The normalized spacial score (nSPS) is 9.86. The first-order chi connectivity index (χ1) is 6.34. The van der Waals surface area contributed by atoms with Gasteiger partial charge in [-0.1, -0.05) is 18.2 Å². The Bertz CT molecular complexity index is 384. The Balaban J connectivity index is 0.000000364. The molecule has 0 bridgehead atoms. The molecule has 0 saturated carbocycles. The van der Waals surface area contributed by atoms with Crippen LogP contribution >= 0.6 is 10.7 Å². The summed E-state index contributed by atoms with van der Waals surface area (Å²) in [6, 6.07) is 7.86. The molecule has 0 fully saturated rings. The lowest BCUT2D eigenvalue weighted by Crippen LogP contribution is -2.01. The van der Waals surface area contributed by atoms with E-state index in [1.54, 1.807) is 18.2 Å². The van der Waals surface area contributed by atoms with Crippen LogP contribution in [0.4, 0.5) is 0 Å². The number of nitrogens with two attached hydrogens (primary N) is 1. The van der Waals surface area contributed by atoms with Crippen molar-refractivity contribution in [3.63, 3.8) is 0 Å². The zero-order valence-corrected chi connectivity index (χ0v) is 9.05. The molecule has 14 heavy (non-hydrogen) atoms. The number of halogens is 1. The summed E-state index contributed by atoms with van der Waals surface area (Å²) in [7, 11) is 1.50. The zero-order chi connectivity index (χ0) is 11.2. The summed E-state index contributed by atoms with van der Waals surface area (Å²) < 4.78 is 21.2. The number of hydrogen-bond donors (Lipinski definition) is 1. The predicted octanol–water partition coefficient (Wildman–Crippen LogP) is 1.11. The molecule has 0 aliphatic rings. The van der Waals surface area contributed by atoms with E-state index in [0.717, 1.165) is 0 Å². The molecule has 1 amide bonds. The Hall–Kier alpha value is -1.07. The summed E-state index contributed by atoms with van der Waals surface area (Å²) in [6.45, 7) is 1.31. The molecule has 0 unspecified atom stereocenters. The lowest BCUT2D eigenvalue weighted by Gasteiger charge is -1.91. The number of rotatable bonds is 1. The number of carbonyl (C=O) groups excluding carboxylic acids is 1. The van der Waals surface area contributed by atoms with E-state index < -0.39 is 9.05 Å². The van der Waals surface area contributed by atoms with Gasteiger partial charge in [0.25, 0.3) is 9.05 Å². The first kappa shape index (κ1) is 12.9. The van der Waals surface area contributed by atoms with Crippen molar-refractivity contribution in [1.82, 2.24) is 0 Å². The summed E-state index contributed by atoms with van der Waals surface area (Å²) in [4.78, 5) is 9.36. The van der Waals surface area contributed by atoms with Gasteiger partial charge in [0.1, 0.15) is 0 Å². The maximum Gasteiger partial charge on any atom is 0.261 e. The molecule has 0 aromatic heterocycles. The van der Waals surface area contributed by atoms with Crippen molar-refractivity contribution in [1.29, 1.82) is 0 Å². The second kappa shape index (κ2) is 5.62. The van der Waals surface area contributed by atoms with Crippen LogP contribution in [0.2, 0.25) is 0 Å². The van der Waals surface area contributed by atoms with Gasteiger partial charge in [0.05, 0.1) is 4.90 Å². The van der Waals surface area contributed by atoms with Crippen molar-refractivity contribution in [3.8, 4) is 0 Å². The predicted molar refractivity (Wildman–Crippen MR) is 54.3 cm³/mol. The summed E-state index contributed by atoms with van der Waals surface area (Å²) in [5.74, 6) is -0.333. The summed E-state index contributed by atoms with van der Waals surface area (Å²) in [5, 5.41) is 0. The summed E-state index contributed by atoms with van der Waals surface area (Å²) in [5.41, 5.74) is 4.47. The fraction of sp³-hybridized carbons (Fsp3) is 0.125. The minimum atomic E-state index is -3.53. The van der Waals surface area contributed by atoms with Crippen molar-refractivity contribution >= 4 is 25.6 Å². The number of carbonyl (C=O) groups is 1. The molecule has 4 nitrogen and oxygen atoms in total. The van der Waals surface area contributed by atoms with E-state index in [0.29, 0.717) is 0 Å². The second-order valence-electron chi connectivity index (χ2n) is 2.36. The third kappa shape index (κ3) is 6.45. The molecule has 0 aliphatic heterocycles. The monoisotopic (exact) mass is 235 g/mol. The molecule has 78 valence electrons. The molecule has 6 heteroatoms. The van der Waals surface area contributed by atoms with Gasteiger partial charge >= 0.3 is 0 Å². The smallest absolute Gasteiger partial charge is 0.261 e. The van der Waals surface area contributed by atoms with E-state index in [1.165, 1.54) is 19.1 Å². The molecule has 0 saturated heterocycles. The van der Waals surface area contributed by atoms with Crippen LogP contribution in [0.1, 0.15) is 6.92 Å². The summed E-state index contributed by atoms with van der Waals surface area (Å²) in [6.07, 6.45) is 0. The van der Waals surface area contributed by atoms with Crippen LogP contribution in [0.5, 0.6) is 0 Å². The number of hydrogen-bond acceptors (Lipinski definition) is 3. The van der Waals surface area contributed by atoms with Crippen LogP contribution in [0.15, 0.2) is 35.2 Å². The van der Waals surface area contributed by atoms with Crippen LogP contribution in [0.25, 0.3) is 0 Å². The number of benzene rings is 1. The minimum absolute atomic E-state index is 0.136. The van der Waals surface area contributed by atoms with E-state index in [4.69, 9.17) is 10.7 Å². The van der Waals surface area contributed by atoms with Gasteiger partial charge in [0, 0.05) is 17.6 Å². The van der Waals surface area contributed by atoms with Crippen LogP contribution < -0.4 is 5.73 Å². The molecular formula is C8H10ClNO3S. The lowest BCUT2D eigenvalue weighted by molar-refractivity contribution is -0.115. The fourth-order valence-corrected chi connectivity index (χ4v) is 1.37. The highest BCUT2D eigenvalue weighted by Crippen LogP contribution is 2.12. The lowest BCUT2D eigenvalue weighted by atomic mass is 10.4. The molecule has 1 rings (SSSR count). The van der Waals surface area contributed by atoms with E-state index in [-0.39, 0.29) is 10.8 Å². The van der Waals surface area contributed by atoms with Gasteiger partial charge < -0.3 is 5.73 Å². The molecule has 2 N–H and O–H groups in total. The first-order valence-electron chi connectivity index (χ1n) is 3.60. The average Bonchev–Trinajstić information content (AvgIpc) is 2.03. The van der Waals surface area contributed by atoms with E-state index in [1.807, 2.05) is 0 Å². The fourth-order valence-electron chi connectivity index (χ4n) is 0.583. The maximum atomic E-state index is 10.6. The topological polar surface area (TPSA) is 77.2 Å². The van der Waals surface area contributed by atoms with Crippen molar-refractivity contribution < 1.29 is 13.2 Å². The Morgan fingerprint density at radius 1 is 1.29 bits per heavy atom. The average molecular weight is 236 g/mol. The Morgan fingerprint density at radius 3 is 1.86 bits per heavy atom. The molecule has 0 aliphatic carbocycles. The number of amides is 1. The zero-order valence-electron chi connectivity index (χ0n) is 7.48.